The van der Waals surface area contributed by atoms with Crippen LogP contribution in [0.3, 0.4) is 0 Å². The first kappa shape index (κ1) is 11.1. The average Bonchev–Trinajstić information content (AvgIpc) is 2.89. The molecule has 3 rings (SSSR count). The fourth-order valence-corrected chi connectivity index (χ4v) is 3.03. The van der Waals surface area contributed by atoms with E-state index in [-0.39, 0.29) is 24.1 Å². The van der Waals surface area contributed by atoms with Crippen LogP contribution in [0.1, 0.15) is 23.3 Å². The van der Waals surface area contributed by atoms with Crippen molar-refractivity contribution in [1.82, 2.24) is 14.1 Å². The number of nitrogens with one attached hydrogen (secondary N) is 1. The van der Waals surface area contributed by atoms with E-state index in [0.29, 0.717) is 11.6 Å². The molecule has 17 heavy (non-hydrogen) atoms. The van der Waals surface area contributed by atoms with E-state index in [0.717, 1.165) is 31.2 Å². The van der Waals surface area contributed by atoms with E-state index < -0.39 is 0 Å². The second-order valence-electron chi connectivity index (χ2n) is 4.51. The van der Waals surface area contributed by atoms with E-state index in [4.69, 9.17) is 10.5 Å². The molecular formula is C10H14N4O2S. The van der Waals surface area contributed by atoms with Gasteiger partial charge in [-0.05, 0) is 12.8 Å². The van der Waals surface area contributed by atoms with E-state index in [9.17, 15) is 4.79 Å². The third kappa shape index (κ3) is 1.84. The number of fused-ring (bicyclic) bond motifs is 1. The molecule has 0 bridgehead atoms. The van der Waals surface area contributed by atoms with Gasteiger partial charge in [-0.25, -0.2) is 0 Å². The van der Waals surface area contributed by atoms with Gasteiger partial charge < -0.3 is 15.8 Å². The molecule has 2 fully saturated rings. The SMILES string of the molecule is NC1C2CCCOC2C1NC(=O)c1cnsn1. The van der Waals surface area contributed by atoms with Gasteiger partial charge in [0.15, 0.2) is 5.69 Å². The van der Waals surface area contributed by atoms with Crippen molar-refractivity contribution in [3.8, 4) is 0 Å². The molecule has 1 amide bonds. The van der Waals surface area contributed by atoms with Crippen molar-refractivity contribution in [2.75, 3.05) is 6.61 Å². The lowest BCUT2D eigenvalue weighted by Crippen LogP contribution is -2.72. The number of hydrogen-bond donors (Lipinski definition) is 2. The van der Waals surface area contributed by atoms with Crippen LogP contribution in [0.5, 0.6) is 0 Å². The molecule has 4 unspecified atom stereocenters. The Hall–Kier alpha value is -1.05. The van der Waals surface area contributed by atoms with Gasteiger partial charge in [0.25, 0.3) is 5.91 Å². The molecule has 2 aliphatic rings. The molecule has 2 heterocycles. The maximum absolute atomic E-state index is 11.8. The van der Waals surface area contributed by atoms with Crippen molar-refractivity contribution in [2.24, 2.45) is 11.7 Å². The van der Waals surface area contributed by atoms with Crippen molar-refractivity contribution in [1.29, 1.82) is 0 Å². The monoisotopic (exact) mass is 254 g/mol. The van der Waals surface area contributed by atoms with Crippen molar-refractivity contribution in [2.45, 2.75) is 31.0 Å². The number of ether oxygens (including phenoxy) is 1. The van der Waals surface area contributed by atoms with Gasteiger partial charge in [-0.2, -0.15) is 8.75 Å². The highest BCUT2D eigenvalue weighted by Gasteiger charge is 2.51. The molecule has 3 N–H and O–H groups in total. The summed E-state index contributed by atoms with van der Waals surface area (Å²) in [5.74, 6) is 0.175. The summed E-state index contributed by atoms with van der Waals surface area (Å²) >= 11 is 1.02. The minimum atomic E-state index is -0.216. The fourth-order valence-electron chi connectivity index (χ4n) is 2.62. The number of carbonyl (C=O) groups is 1. The highest BCUT2D eigenvalue weighted by atomic mass is 32.1. The quantitative estimate of drug-likeness (QED) is 0.761. The van der Waals surface area contributed by atoms with Gasteiger partial charge in [-0.1, -0.05) is 0 Å². The Balaban J connectivity index is 1.64. The van der Waals surface area contributed by atoms with Crippen LogP contribution >= 0.6 is 11.7 Å². The normalized spacial score (nSPS) is 35.8. The molecule has 1 saturated heterocycles. The molecule has 92 valence electrons. The number of nitrogens with two attached hydrogens (primary N) is 1. The second-order valence-corrected chi connectivity index (χ2v) is 5.07. The van der Waals surface area contributed by atoms with Crippen molar-refractivity contribution in [3.63, 3.8) is 0 Å². The number of rotatable bonds is 2. The largest absolute Gasteiger partial charge is 0.376 e. The summed E-state index contributed by atoms with van der Waals surface area (Å²) in [6.07, 6.45) is 3.69. The maximum Gasteiger partial charge on any atom is 0.273 e. The van der Waals surface area contributed by atoms with E-state index in [1.54, 1.807) is 0 Å². The van der Waals surface area contributed by atoms with Gasteiger partial charge in [0.05, 0.1) is 30.1 Å². The third-order valence-electron chi connectivity index (χ3n) is 3.57. The summed E-state index contributed by atoms with van der Waals surface area (Å²) in [6.45, 7) is 0.762. The zero-order valence-corrected chi connectivity index (χ0v) is 10.0. The average molecular weight is 254 g/mol. The topological polar surface area (TPSA) is 90.1 Å². The predicted molar refractivity (Wildman–Crippen MR) is 61.6 cm³/mol. The van der Waals surface area contributed by atoms with E-state index in [2.05, 4.69) is 14.1 Å². The van der Waals surface area contributed by atoms with E-state index >= 15 is 0 Å². The smallest absolute Gasteiger partial charge is 0.273 e. The standard InChI is InChI=1S/C10H14N4O2S/c11-7-5-2-1-3-16-9(5)8(7)13-10(15)6-4-12-17-14-6/h4-5,7-9H,1-3,11H2,(H,13,15). The first-order valence-corrected chi connectivity index (χ1v) is 6.46. The van der Waals surface area contributed by atoms with Gasteiger partial charge in [-0.15, -0.1) is 0 Å². The van der Waals surface area contributed by atoms with Crippen molar-refractivity contribution < 1.29 is 9.53 Å². The Morgan fingerprint density at radius 1 is 1.65 bits per heavy atom. The van der Waals surface area contributed by atoms with Crippen molar-refractivity contribution >= 4 is 17.6 Å². The van der Waals surface area contributed by atoms with Gasteiger partial charge in [-0.3, -0.25) is 4.79 Å². The number of nitrogens with zero attached hydrogens (tertiary/aromatic N) is 2. The first-order chi connectivity index (χ1) is 8.27. The van der Waals surface area contributed by atoms with Gasteiger partial charge >= 0.3 is 0 Å². The van der Waals surface area contributed by atoms with Crippen LogP contribution in [0.15, 0.2) is 6.20 Å². The lowest BCUT2D eigenvalue weighted by Gasteiger charge is -2.52. The Morgan fingerprint density at radius 3 is 3.29 bits per heavy atom. The molecule has 0 aromatic carbocycles. The molecule has 1 saturated carbocycles. The van der Waals surface area contributed by atoms with Gasteiger partial charge in [0.2, 0.25) is 0 Å². The molecule has 1 aliphatic heterocycles. The first-order valence-electron chi connectivity index (χ1n) is 5.73. The van der Waals surface area contributed by atoms with Crippen LogP contribution in [0.4, 0.5) is 0 Å². The highest BCUT2D eigenvalue weighted by molar-refractivity contribution is 6.99. The minimum absolute atomic E-state index is 0.00385. The van der Waals surface area contributed by atoms with Gasteiger partial charge in [0.1, 0.15) is 0 Å². The summed E-state index contributed by atoms with van der Waals surface area (Å²) in [6, 6.07) is -0.0923. The molecule has 7 heteroatoms. The van der Waals surface area contributed by atoms with E-state index in [1.165, 1.54) is 6.20 Å². The van der Waals surface area contributed by atoms with Crippen LogP contribution in [0, 0.1) is 5.92 Å². The molecule has 0 radical (unpaired) electrons. The molecule has 4 atom stereocenters. The summed E-state index contributed by atoms with van der Waals surface area (Å²) in [4.78, 5) is 11.8. The third-order valence-corrected chi connectivity index (χ3v) is 4.05. The number of amides is 1. The lowest BCUT2D eigenvalue weighted by atomic mass is 9.68. The Kier molecular flexibility index (Phi) is 2.81. The van der Waals surface area contributed by atoms with E-state index in [1.807, 2.05) is 0 Å². The molecular weight excluding hydrogens is 240 g/mol. The Labute approximate surface area is 103 Å². The molecule has 1 aliphatic carbocycles. The number of hydrogen-bond acceptors (Lipinski definition) is 6. The minimum Gasteiger partial charge on any atom is -0.376 e. The lowest BCUT2D eigenvalue weighted by molar-refractivity contribution is -0.117. The van der Waals surface area contributed by atoms with Crippen LogP contribution in [-0.2, 0) is 4.74 Å². The summed E-state index contributed by atoms with van der Waals surface area (Å²) < 4.78 is 13.3. The molecule has 1 aromatic heterocycles. The number of carbonyl (C=O) groups excluding carboxylic acids is 1. The zero-order valence-electron chi connectivity index (χ0n) is 9.20. The molecule has 6 nitrogen and oxygen atoms in total. The Bertz CT molecular complexity index is 410. The second kappa shape index (κ2) is 4.32. The highest BCUT2D eigenvalue weighted by Crippen LogP contribution is 2.36. The fraction of sp³-hybridized carbons (Fsp3) is 0.700. The molecule has 0 spiro atoms. The maximum atomic E-state index is 11.8. The van der Waals surface area contributed by atoms with Crippen LogP contribution in [-0.4, -0.2) is 39.4 Å². The predicted octanol–water partition coefficient (Wildman–Crippen LogP) is -0.227. The van der Waals surface area contributed by atoms with Crippen LogP contribution in [0.2, 0.25) is 0 Å². The molecule has 1 aromatic rings. The summed E-state index contributed by atoms with van der Waals surface area (Å²) in [7, 11) is 0. The zero-order chi connectivity index (χ0) is 11.8. The van der Waals surface area contributed by atoms with Crippen LogP contribution in [0.25, 0.3) is 0 Å². The Morgan fingerprint density at radius 2 is 2.53 bits per heavy atom. The summed E-state index contributed by atoms with van der Waals surface area (Å²) in [5.41, 5.74) is 6.40. The van der Waals surface area contributed by atoms with Crippen molar-refractivity contribution in [3.05, 3.63) is 11.9 Å². The van der Waals surface area contributed by atoms with Crippen LogP contribution < -0.4 is 11.1 Å². The number of aromatic nitrogens is 2. The van der Waals surface area contributed by atoms with Gasteiger partial charge in [0, 0.05) is 18.6 Å². The summed E-state index contributed by atoms with van der Waals surface area (Å²) in [5, 5.41) is 2.88.